The minimum absolute atomic E-state index is 0.168. The van der Waals surface area contributed by atoms with E-state index in [2.05, 4.69) is 0 Å². The molecule has 0 N–H and O–H groups in total. The maximum absolute atomic E-state index is 11.7. The van der Waals surface area contributed by atoms with Crippen molar-refractivity contribution in [1.29, 1.82) is 0 Å². The number of rotatable bonds is 4. The van der Waals surface area contributed by atoms with Crippen LogP contribution in [-0.2, 0) is 9.53 Å². The van der Waals surface area contributed by atoms with Crippen molar-refractivity contribution in [2.24, 2.45) is 0 Å². The van der Waals surface area contributed by atoms with Crippen LogP contribution in [-0.4, -0.2) is 18.2 Å². The maximum atomic E-state index is 11.7. The average Bonchev–Trinajstić information content (AvgIpc) is 2.39. The summed E-state index contributed by atoms with van der Waals surface area (Å²) in [5.74, 6) is -0.991. The molecule has 0 amide bonds. The van der Waals surface area contributed by atoms with Crippen LogP contribution in [0.25, 0.3) is 0 Å². The van der Waals surface area contributed by atoms with Crippen molar-refractivity contribution in [2.75, 3.05) is 6.61 Å². The maximum Gasteiger partial charge on any atom is 0.349 e. The lowest BCUT2D eigenvalue weighted by molar-refractivity contribution is -0.158. The number of ether oxygens (including phenoxy) is 2. The third-order valence-corrected chi connectivity index (χ3v) is 1.88. The van der Waals surface area contributed by atoms with Gasteiger partial charge in [0.15, 0.2) is 5.60 Å². The van der Waals surface area contributed by atoms with E-state index in [0.717, 1.165) is 0 Å². The standard InChI is InChI=1S/C12H15ClO3/c1-4-15-11(14)12(2,3)16-10-7-5-9(13)6-8-10/h5-8H,4H2,1-3H3/i5D,6D,7D,8D. The Morgan fingerprint density at radius 3 is 2.50 bits per heavy atom. The molecule has 1 aromatic rings. The van der Waals surface area contributed by atoms with Crippen LogP contribution in [0.3, 0.4) is 0 Å². The molecule has 0 heterocycles. The fraction of sp³-hybridized carbons (Fsp3) is 0.417. The van der Waals surface area contributed by atoms with Gasteiger partial charge < -0.3 is 9.47 Å². The molecule has 16 heavy (non-hydrogen) atoms. The second kappa shape index (κ2) is 5.21. The lowest BCUT2D eigenvalue weighted by Gasteiger charge is -2.23. The van der Waals surface area contributed by atoms with Crippen molar-refractivity contribution >= 4 is 17.6 Å². The fourth-order valence-corrected chi connectivity index (χ4v) is 1.03. The van der Waals surface area contributed by atoms with E-state index >= 15 is 0 Å². The molecule has 0 aliphatic carbocycles. The van der Waals surface area contributed by atoms with Crippen LogP contribution in [0.1, 0.15) is 26.3 Å². The molecule has 0 radical (unpaired) electrons. The van der Waals surface area contributed by atoms with Gasteiger partial charge in [0, 0.05) is 5.02 Å². The molecule has 0 bridgehead atoms. The largest absolute Gasteiger partial charge is 0.476 e. The molecular weight excluding hydrogens is 228 g/mol. The molecule has 0 fully saturated rings. The Kier molecular flexibility index (Phi) is 2.59. The Morgan fingerprint density at radius 2 is 2.00 bits per heavy atom. The Morgan fingerprint density at radius 1 is 1.44 bits per heavy atom. The third kappa shape index (κ3) is 3.42. The number of benzene rings is 1. The smallest absolute Gasteiger partial charge is 0.349 e. The number of halogens is 1. The van der Waals surface area contributed by atoms with Crippen molar-refractivity contribution < 1.29 is 19.8 Å². The first kappa shape index (κ1) is 7.96. The van der Waals surface area contributed by atoms with Gasteiger partial charge in [-0.1, -0.05) is 11.6 Å². The van der Waals surface area contributed by atoms with Gasteiger partial charge in [0.2, 0.25) is 0 Å². The number of hydrogen-bond donors (Lipinski definition) is 0. The van der Waals surface area contributed by atoms with E-state index in [1.165, 1.54) is 13.8 Å². The summed E-state index contributed by atoms with van der Waals surface area (Å²) in [7, 11) is 0. The van der Waals surface area contributed by atoms with Gasteiger partial charge >= 0.3 is 5.97 Å². The highest BCUT2D eigenvalue weighted by molar-refractivity contribution is 6.30. The van der Waals surface area contributed by atoms with Gasteiger partial charge in [-0.25, -0.2) is 4.79 Å². The van der Waals surface area contributed by atoms with E-state index in [0.29, 0.717) is 0 Å². The molecule has 1 rings (SSSR count). The van der Waals surface area contributed by atoms with Gasteiger partial charge in [0.1, 0.15) is 5.75 Å². The van der Waals surface area contributed by atoms with Crippen LogP contribution in [0.5, 0.6) is 5.75 Å². The van der Waals surface area contributed by atoms with E-state index in [9.17, 15) is 4.79 Å². The lowest BCUT2D eigenvalue weighted by Crippen LogP contribution is -2.39. The molecule has 1 aromatic carbocycles. The normalized spacial score (nSPS) is 14.5. The van der Waals surface area contributed by atoms with Crippen molar-refractivity contribution in [3.8, 4) is 5.75 Å². The van der Waals surface area contributed by atoms with Crippen molar-refractivity contribution in [3.05, 3.63) is 29.2 Å². The SMILES string of the molecule is [2H]c1c([2H])c(OC(C)(C)C(=O)OCC)c([2H])c([2H])c1Cl. The number of carbonyl (C=O) groups is 1. The van der Waals surface area contributed by atoms with E-state index < -0.39 is 35.7 Å². The molecule has 0 saturated carbocycles. The number of hydrogen-bond acceptors (Lipinski definition) is 3. The van der Waals surface area contributed by atoms with E-state index in [1.54, 1.807) is 6.92 Å². The first-order valence-electron chi connectivity index (χ1n) is 6.75. The van der Waals surface area contributed by atoms with Gasteiger partial charge in [0.05, 0.1) is 12.1 Å². The molecule has 88 valence electrons. The summed E-state index contributed by atoms with van der Waals surface area (Å²) in [5.41, 5.74) is -1.44. The summed E-state index contributed by atoms with van der Waals surface area (Å²) in [6.45, 7) is 4.66. The molecule has 0 aliphatic heterocycles. The van der Waals surface area contributed by atoms with Crippen LogP contribution in [0.15, 0.2) is 24.2 Å². The van der Waals surface area contributed by atoms with Crippen LogP contribution >= 0.6 is 11.6 Å². The second-order valence-electron chi connectivity index (χ2n) is 3.48. The number of esters is 1. The Hall–Kier alpha value is -1.22. The van der Waals surface area contributed by atoms with E-state index in [1.807, 2.05) is 0 Å². The monoisotopic (exact) mass is 246 g/mol. The van der Waals surface area contributed by atoms with Crippen molar-refractivity contribution in [3.63, 3.8) is 0 Å². The van der Waals surface area contributed by atoms with Gasteiger partial charge in [0.25, 0.3) is 0 Å². The zero-order chi connectivity index (χ0) is 15.7. The lowest BCUT2D eigenvalue weighted by atomic mass is 10.1. The highest BCUT2D eigenvalue weighted by Crippen LogP contribution is 2.21. The summed E-state index contributed by atoms with van der Waals surface area (Å²) in [5, 5.41) is -0.290. The van der Waals surface area contributed by atoms with Crippen molar-refractivity contribution in [1.82, 2.24) is 0 Å². The molecular formula is C12H15ClO3. The number of carbonyl (C=O) groups excluding carboxylic acids is 1. The van der Waals surface area contributed by atoms with Gasteiger partial charge in [-0.15, -0.1) is 0 Å². The summed E-state index contributed by atoms with van der Waals surface area (Å²) < 4.78 is 40.9. The quantitative estimate of drug-likeness (QED) is 0.766. The van der Waals surface area contributed by atoms with Crippen molar-refractivity contribution in [2.45, 2.75) is 26.4 Å². The molecule has 0 aromatic heterocycles. The Bertz CT molecular complexity index is 517. The first-order valence-corrected chi connectivity index (χ1v) is 5.13. The van der Waals surface area contributed by atoms with Crippen LogP contribution < -0.4 is 4.74 Å². The Balaban J connectivity index is 3.26. The third-order valence-electron chi connectivity index (χ3n) is 1.70. The minimum atomic E-state index is -1.44. The highest BCUT2D eigenvalue weighted by Gasteiger charge is 2.31. The summed E-state index contributed by atoms with van der Waals surface area (Å²) in [6, 6.07) is -1.70. The van der Waals surface area contributed by atoms with Gasteiger partial charge in [-0.2, -0.15) is 0 Å². The fourth-order valence-electron chi connectivity index (χ4n) is 0.939. The van der Waals surface area contributed by atoms with Gasteiger partial charge in [-0.05, 0) is 44.9 Å². The molecule has 0 aliphatic rings. The predicted molar refractivity (Wildman–Crippen MR) is 62.8 cm³/mol. The molecule has 0 unspecified atom stereocenters. The topological polar surface area (TPSA) is 35.5 Å². The van der Waals surface area contributed by atoms with Gasteiger partial charge in [-0.3, -0.25) is 0 Å². The van der Waals surface area contributed by atoms with E-state index in [-0.39, 0.29) is 17.4 Å². The van der Waals surface area contributed by atoms with Crippen LogP contribution in [0.4, 0.5) is 0 Å². The van der Waals surface area contributed by atoms with E-state index in [4.69, 9.17) is 26.6 Å². The van der Waals surface area contributed by atoms with Crippen LogP contribution in [0.2, 0.25) is 5.02 Å². The zero-order valence-electron chi connectivity index (χ0n) is 13.3. The highest BCUT2D eigenvalue weighted by atomic mass is 35.5. The van der Waals surface area contributed by atoms with Crippen LogP contribution in [0, 0.1) is 0 Å². The second-order valence-corrected chi connectivity index (χ2v) is 3.85. The molecule has 0 saturated heterocycles. The summed E-state index contributed by atoms with van der Waals surface area (Å²) >= 11 is 5.68. The zero-order valence-corrected chi connectivity index (χ0v) is 10.1. The summed E-state index contributed by atoms with van der Waals surface area (Å²) in [4.78, 5) is 11.7. The predicted octanol–water partition coefficient (Wildman–Crippen LogP) is 3.06. The molecule has 3 nitrogen and oxygen atoms in total. The summed E-state index contributed by atoms with van der Waals surface area (Å²) in [6.07, 6.45) is 0. The molecule has 0 atom stereocenters. The molecule has 0 spiro atoms. The first-order chi connectivity index (χ1) is 9.13. The Labute approximate surface area is 106 Å². The molecule has 4 heteroatoms. The minimum Gasteiger partial charge on any atom is -0.476 e. The average molecular weight is 247 g/mol.